The molecule has 0 aliphatic carbocycles. The molecule has 0 aromatic heterocycles. The van der Waals surface area contributed by atoms with Crippen LogP contribution in [0, 0.1) is 5.92 Å². The second kappa shape index (κ2) is 6.95. The molecule has 5 heteroatoms. The van der Waals surface area contributed by atoms with Crippen molar-refractivity contribution < 1.29 is 4.79 Å². The SMILES string of the molecule is CCN1CCC(CNC(=O)c2cccc(N)c2Cl)CC1. The monoisotopic (exact) mass is 295 g/mol. The zero-order chi connectivity index (χ0) is 14.5. The number of hydrogen-bond donors (Lipinski definition) is 2. The predicted octanol–water partition coefficient (Wildman–Crippen LogP) is 2.38. The van der Waals surface area contributed by atoms with Crippen molar-refractivity contribution in [2.45, 2.75) is 19.8 Å². The average molecular weight is 296 g/mol. The van der Waals surface area contributed by atoms with Crippen molar-refractivity contribution in [3.05, 3.63) is 28.8 Å². The largest absolute Gasteiger partial charge is 0.398 e. The van der Waals surface area contributed by atoms with Gasteiger partial charge in [-0.25, -0.2) is 0 Å². The number of nitrogens with zero attached hydrogens (tertiary/aromatic N) is 1. The maximum absolute atomic E-state index is 12.1. The summed E-state index contributed by atoms with van der Waals surface area (Å²) in [5.41, 5.74) is 6.61. The van der Waals surface area contributed by atoms with E-state index in [2.05, 4.69) is 17.1 Å². The number of rotatable bonds is 4. The normalized spacial score (nSPS) is 17.1. The van der Waals surface area contributed by atoms with Crippen molar-refractivity contribution in [1.29, 1.82) is 0 Å². The number of halogens is 1. The Hall–Kier alpha value is -1.26. The third kappa shape index (κ3) is 3.64. The molecule has 1 fully saturated rings. The Morgan fingerprint density at radius 1 is 1.45 bits per heavy atom. The third-order valence-electron chi connectivity index (χ3n) is 3.98. The van der Waals surface area contributed by atoms with Gasteiger partial charge in [-0.1, -0.05) is 24.6 Å². The number of likely N-dealkylation sites (tertiary alicyclic amines) is 1. The van der Waals surface area contributed by atoms with Crippen molar-refractivity contribution in [3.8, 4) is 0 Å². The van der Waals surface area contributed by atoms with Gasteiger partial charge in [0.15, 0.2) is 0 Å². The highest BCUT2D eigenvalue weighted by Crippen LogP contribution is 2.23. The van der Waals surface area contributed by atoms with Gasteiger partial charge in [0.25, 0.3) is 5.91 Å². The first-order valence-corrected chi connectivity index (χ1v) is 7.54. The Kier molecular flexibility index (Phi) is 5.26. The Balaban J connectivity index is 1.85. The van der Waals surface area contributed by atoms with Crippen molar-refractivity contribution in [2.75, 3.05) is 31.9 Å². The summed E-state index contributed by atoms with van der Waals surface area (Å²) in [5, 5.41) is 3.31. The minimum absolute atomic E-state index is 0.139. The van der Waals surface area contributed by atoms with E-state index in [1.807, 2.05) is 0 Å². The van der Waals surface area contributed by atoms with Gasteiger partial charge in [-0.05, 0) is 50.5 Å². The molecule has 0 unspecified atom stereocenters. The molecule has 20 heavy (non-hydrogen) atoms. The van der Waals surface area contributed by atoms with E-state index in [1.165, 1.54) is 0 Å². The molecule has 1 aliphatic rings. The van der Waals surface area contributed by atoms with Crippen LogP contribution in [0.15, 0.2) is 18.2 Å². The number of nitrogens with one attached hydrogen (secondary N) is 1. The molecule has 1 aromatic carbocycles. The number of anilines is 1. The van der Waals surface area contributed by atoms with Crippen LogP contribution in [-0.4, -0.2) is 37.0 Å². The molecular formula is C15H22ClN3O. The molecule has 1 aliphatic heterocycles. The van der Waals surface area contributed by atoms with Crippen molar-refractivity contribution in [3.63, 3.8) is 0 Å². The summed E-state index contributed by atoms with van der Waals surface area (Å²) in [7, 11) is 0. The molecule has 1 saturated heterocycles. The van der Waals surface area contributed by atoms with Crippen molar-refractivity contribution >= 4 is 23.2 Å². The highest BCUT2D eigenvalue weighted by atomic mass is 35.5. The molecule has 2 rings (SSSR count). The summed E-state index contributed by atoms with van der Waals surface area (Å²) < 4.78 is 0. The highest BCUT2D eigenvalue weighted by molar-refractivity contribution is 6.36. The topological polar surface area (TPSA) is 58.4 Å². The minimum Gasteiger partial charge on any atom is -0.398 e. The van der Waals surface area contributed by atoms with E-state index in [0.29, 0.717) is 28.7 Å². The number of benzene rings is 1. The maximum atomic E-state index is 12.1. The maximum Gasteiger partial charge on any atom is 0.252 e. The second-order valence-electron chi connectivity index (χ2n) is 5.30. The van der Waals surface area contributed by atoms with Gasteiger partial charge >= 0.3 is 0 Å². The third-order valence-corrected chi connectivity index (χ3v) is 4.40. The van der Waals surface area contributed by atoms with Gasteiger partial charge in [-0.3, -0.25) is 4.79 Å². The number of nitrogens with two attached hydrogens (primary N) is 1. The molecule has 0 spiro atoms. The van der Waals surface area contributed by atoms with E-state index < -0.39 is 0 Å². The molecule has 0 atom stereocenters. The van der Waals surface area contributed by atoms with Gasteiger partial charge in [0.05, 0.1) is 16.3 Å². The fourth-order valence-corrected chi connectivity index (χ4v) is 2.78. The first-order valence-electron chi connectivity index (χ1n) is 7.16. The van der Waals surface area contributed by atoms with Crippen LogP contribution in [0.3, 0.4) is 0 Å². The van der Waals surface area contributed by atoms with Crippen LogP contribution >= 0.6 is 11.6 Å². The molecule has 0 radical (unpaired) electrons. The number of hydrogen-bond acceptors (Lipinski definition) is 3. The lowest BCUT2D eigenvalue weighted by molar-refractivity contribution is 0.0937. The van der Waals surface area contributed by atoms with Gasteiger partial charge < -0.3 is 16.0 Å². The fraction of sp³-hybridized carbons (Fsp3) is 0.533. The van der Waals surface area contributed by atoms with Crippen molar-refractivity contribution in [2.24, 2.45) is 5.92 Å². The van der Waals surface area contributed by atoms with Crippen LogP contribution in [0.1, 0.15) is 30.1 Å². The lowest BCUT2D eigenvalue weighted by Gasteiger charge is -2.31. The highest BCUT2D eigenvalue weighted by Gasteiger charge is 2.19. The quantitative estimate of drug-likeness (QED) is 0.839. The van der Waals surface area contributed by atoms with Crippen LogP contribution in [0.4, 0.5) is 5.69 Å². The van der Waals surface area contributed by atoms with Crippen LogP contribution in [0.25, 0.3) is 0 Å². The molecule has 0 bridgehead atoms. The molecule has 0 saturated carbocycles. The summed E-state index contributed by atoms with van der Waals surface area (Å²) in [4.78, 5) is 14.6. The molecule has 1 aromatic rings. The summed E-state index contributed by atoms with van der Waals surface area (Å²) in [6.07, 6.45) is 2.28. The fourth-order valence-electron chi connectivity index (χ4n) is 2.56. The van der Waals surface area contributed by atoms with Crippen molar-refractivity contribution in [1.82, 2.24) is 10.2 Å². The number of carbonyl (C=O) groups excluding carboxylic acids is 1. The van der Waals surface area contributed by atoms with E-state index in [-0.39, 0.29) is 5.91 Å². The van der Waals surface area contributed by atoms with E-state index in [1.54, 1.807) is 18.2 Å². The summed E-state index contributed by atoms with van der Waals surface area (Å²) >= 11 is 6.06. The second-order valence-corrected chi connectivity index (χ2v) is 5.67. The lowest BCUT2D eigenvalue weighted by Crippen LogP contribution is -2.38. The number of amides is 1. The summed E-state index contributed by atoms with van der Waals surface area (Å²) in [6, 6.07) is 5.14. The van der Waals surface area contributed by atoms with Gasteiger partial charge in [-0.15, -0.1) is 0 Å². The Morgan fingerprint density at radius 3 is 2.80 bits per heavy atom. The Morgan fingerprint density at radius 2 is 2.15 bits per heavy atom. The smallest absolute Gasteiger partial charge is 0.252 e. The first-order chi connectivity index (χ1) is 9.61. The van der Waals surface area contributed by atoms with Crippen LogP contribution in [0.5, 0.6) is 0 Å². The first kappa shape index (κ1) is 15.1. The molecule has 1 heterocycles. The minimum atomic E-state index is -0.139. The molecular weight excluding hydrogens is 274 g/mol. The Bertz CT molecular complexity index is 470. The zero-order valence-corrected chi connectivity index (χ0v) is 12.6. The van der Waals surface area contributed by atoms with Gasteiger partial charge in [0.1, 0.15) is 0 Å². The van der Waals surface area contributed by atoms with Crippen LogP contribution in [0.2, 0.25) is 5.02 Å². The average Bonchev–Trinajstić information content (AvgIpc) is 2.48. The van der Waals surface area contributed by atoms with Gasteiger partial charge in [0, 0.05) is 6.54 Å². The number of nitrogen functional groups attached to an aromatic ring is 1. The number of piperidine rings is 1. The Labute approximate surface area is 125 Å². The standard InChI is InChI=1S/C15H22ClN3O/c1-2-19-8-6-11(7-9-19)10-18-15(20)12-4-3-5-13(17)14(12)16/h3-5,11H,2,6-10,17H2,1H3,(H,18,20). The molecule has 4 nitrogen and oxygen atoms in total. The summed E-state index contributed by atoms with van der Waals surface area (Å²) in [5.74, 6) is 0.418. The summed E-state index contributed by atoms with van der Waals surface area (Å²) in [6.45, 7) is 6.25. The van der Waals surface area contributed by atoms with E-state index in [4.69, 9.17) is 17.3 Å². The van der Waals surface area contributed by atoms with E-state index in [0.717, 1.165) is 32.5 Å². The van der Waals surface area contributed by atoms with Crippen LogP contribution in [-0.2, 0) is 0 Å². The lowest BCUT2D eigenvalue weighted by atomic mass is 9.96. The zero-order valence-electron chi connectivity index (χ0n) is 11.9. The predicted molar refractivity (Wildman–Crippen MR) is 83.0 cm³/mol. The molecule has 1 amide bonds. The van der Waals surface area contributed by atoms with E-state index in [9.17, 15) is 4.79 Å². The van der Waals surface area contributed by atoms with Crippen LogP contribution < -0.4 is 11.1 Å². The molecule has 110 valence electrons. The van der Waals surface area contributed by atoms with Gasteiger partial charge in [0.2, 0.25) is 0 Å². The van der Waals surface area contributed by atoms with E-state index >= 15 is 0 Å². The number of carbonyl (C=O) groups is 1. The van der Waals surface area contributed by atoms with Gasteiger partial charge in [-0.2, -0.15) is 0 Å². The molecule has 3 N–H and O–H groups in total.